The number of carbonyl (C=O) groups excluding carboxylic acids is 1. The number of carbonyl (C=O) groups is 1. The molecular weight excluding hydrogens is 378 g/mol. The molecule has 0 saturated heterocycles. The van der Waals surface area contributed by atoms with Crippen LogP contribution in [0.25, 0.3) is 16.6 Å². The van der Waals surface area contributed by atoms with Crippen LogP contribution in [0.3, 0.4) is 0 Å². The first kappa shape index (κ1) is 19.3. The molecule has 0 aliphatic heterocycles. The Morgan fingerprint density at radius 1 is 1.10 bits per heavy atom. The van der Waals surface area contributed by atoms with Crippen LogP contribution in [0.4, 0.5) is 0 Å². The number of aryl methyl sites for hydroxylation is 1. The molecule has 0 spiro atoms. The molecule has 7 heteroatoms. The molecule has 0 aliphatic rings. The summed E-state index contributed by atoms with van der Waals surface area (Å²) in [6, 6.07) is 14.9. The summed E-state index contributed by atoms with van der Waals surface area (Å²) in [4.78, 5) is 29.8. The van der Waals surface area contributed by atoms with Crippen LogP contribution in [-0.2, 0) is 6.42 Å². The molecule has 2 aromatic carbocycles. The standard InChI is InChI=1S/C23H19N5O2/c1-2-20-26-19-10-6-7-17(12-11-16-14-25-27(15-16)21(29)13-24)22(19)23(30)28(20)18-8-4-3-5-9-18/h3-10,14-15H,2,13,24H2,1H3. The molecule has 0 saturated carbocycles. The summed E-state index contributed by atoms with van der Waals surface area (Å²) >= 11 is 0. The van der Waals surface area contributed by atoms with Crippen molar-refractivity contribution in [2.75, 3.05) is 6.54 Å². The van der Waals surface area contributed by atoms with E-state index in [1.54, 1.807) is 10.6 Å². The maximum Gasteiger partial charge on any atom is 0.267 e. The molecule has 0 aliphatic carbocycles. The van der Waals surface area contributed by atoms with Crippen LogP contribution in [-0.4, -0.2) is 31.8 Å². The molecule has 2 aromatic heterocycles. The van der Waals surface area contributed by atoms with Gasteiger partial charge >= 0.3 is 0 Å². The van der Waals surface area contributed by atoms with Gasteiger partial charge in [0.05, 0.1) is 34.9 Å². The number of fused-ring (bicyclic) bond motifs is 1. The third-order valence-corrected chi connectivity index (χ3v) is 4.65. The maximum absolute atomic E-state index is 13.5. The number of nitrogens with two attached hydrogens (primary N) is 1. The minimum Gasteiger partial charge on any atom is -0.322 e. The monoisotopic (exact) mass is 397 g/mol. The van der Waals surface area contributed by atoms with Crippen LogP contribution in [0.5, 0.6) is 0 Å². The molecule has 4 aromatic rings. The Kier molecular flexibility index (Phi) is 5.24. The number of rotatable bonds is 3. The van der Waals surface area contributed by atoms with Gasteiger partial charge in [-0.2, -0.15) is 5.10 Å². The normalized spacial score (nSPS) is 10.6. The van der Waals surface area contributed by atoms with Gasteiger partial charge in [-0.3, -0.25) is 14.2 Å². The number of hydrogen-bond donors (Lipinski definition) is 1. The van der Waals surface area contributed by atoms with Crippen molar-refractivity contribution in [3.63, 3.8) is 0 Å². The van der Waals surface area contributed by atoms with E-state index in [9.17, 15) is 9.59 Å². The second kappa shape index (κ2) is 8.15. The van der Waals surface area contributed by atoms with Crippen molar-refractivity contribution in [1.82, 2.24) is 19.3 Å². The fourth-order valence-electron chi connectivity index (χ4n) is 3.22. The predicted molar refractivity (Wildman–Crippen MR) is 115 cm³/mol. The van der Waals surface area contributed by atoms with Gasteiger partial charge in [0.25, 0.3) is 11.5 Å². The smallest absolute Gasteiger partial charge is 0.267 e. The first-order valence-electron chi connectivity index (χ1n) is 9.52. The Morgan fingerprint density at radius 2 is 1.90 bits per heavy atom. The lowest BCUT2D eigenvalue weighted by atomic mass is 10.1. The first-order valence-corrected chi connectivity index (χ1v) is 9.52. The highest BCUT2D eigenvalue weighted by atomic mass is 16.2. The lowest BCUT2D eigenvalue weighted by molar-refractivity contribution is 0.0908. The van der Waals surface area contributed by atoms with E-state index < -0.39 is 0 Å². The van der Waals surface area contributed by atoms with E-state index in [1.807, 2.05) is 49.4 Å². The van der Waals surface area contributed by atoms with Gasteiger partial charge in [0.1, 0.15) is 5.82 Å². The SMILES string of the molecule is CCc1nc2cccc(C#Cc3cnn(C(=O)CN)c3)c2c(=O)n1-c1ccccc1. The number of aromatic nitrogens is 4. The van der Waals surface area contributed by atoms with E-state index >= 15 is 0 Å². The quantitative estimate of drug-likeness (QED) is 0.535. The zero-order valence-corrected chi connectivity index (χ0v) is 16.4. The summed E-state index contributed by atoms with van der Waals surface area (Å²) in [5.74, 6) is 6.36. The van der Waals surface area contributed by atoms with Crippen LogP contribution >= 0.6 is 0 Å². The zero-order chi connectivity index (χ0) is 21.1. The first-order chi connectivity index (χ1) is 14.6. The minimum absolute atomic E-state index is 0.137. The fourth-order valence-corrected chi connectivity index (χ4v) is 3.22. The second-order valence-electron chi connectivity index (χ2n) is 6.58. The highest BCUT2D eigenvalue weighted by Crippen LogP contribution is 2.16. The van der Waals surface area contributed by atoms with Gasteiger partial charge < -0.3 is 5.73 Å². The molecule has 30 heavy (non-hydrogen) atoms. The Hall–Kier alpha value is -4.02. The lowest BCUT2D eigenvalue weighted by Crippen LogP contribution is -2.24. The van der Waals surface area contributed by atoms with Crippen molar-refractivity contribution >= 4 is 16.8 Å². The molecule has 0 fully saturated rings. The van der Waals surface area contributed by atoms with Crippen LogP contribution in [0.1, 0.15) is 28.7 Å². The van der Waals surface area contributed by atoms with Gasteiger partial charge in [-0.25, -0.2) is 9.67 Å². The molecule has 0 atom stereocenters. The Bertz CT molecular complexity index is 1360. The van der Waals surface area contributed by atoms with Crippen LogP contribution in [0, 0.1) is 11.8 Å². The van der Waals surface area contributed by atoms with Crippen molar-refractivity contribution in [3.8, 4) is 17.5 Å². The van der Waals surface area contributed by atoms with E-state index in [1.165, 1.54) is 12.4 Å². The Labute approximate surface area is 172 Å². The molecular formula is C23H19N5O2. The minimum atomic E-state index is -0.324. The molecule has 7 nitrogen and oxygen atoms in total. The van der Waals surface area contributed by atoms with Crippen molar-refractivity contribution in [2.24, 2.45) is 5.73 Å². The van der Waals surface area contributed by atoms with E-state index in [0.717, 1.165) is 10.4 Å². The summed E-state index contributed by atoms with van der Waals surface area (Å²) in [5.41, 5.74) is 7.67. The average Bonchev–Trinajstić information content (AvgIpc) is 3.26. The largest absolute Gasteiger partial charge is 0.322 e. The van der Waals surface area contributed by atoms with Crippen molar-refractivity contribution in [1.29, 1.82) is 0 Å². The summed E-state index contributed by atoms with van der Waals surface area (Å²) in [6.07, 6.45) is 3.62. The van der Waals surface area contributed by atoms with E-state index in [0.29, 0.717) is 34.3 Å². The Morgan fingerprint density at radius 3 is 2.63 bits per heavy atom. The van der Waals surface area contributed by atoms with Gasteiger partial charge in [0, 0.05) is 18.2 Å². The van der Waals surface area contributed by atoms with E-state index in [2.05, 4.69) is 16.9 Å². The van der Waals surface area contributed by atoms with E-state index in [-0.39, 0.29) is 18.0 Å². The molecule has 2 heterocycles. The van der Waals surface area contributed by atoms with Crippen molar-refractivity contribution in [2.45, 2.75) is 13.3 Å². The van der Waals surface area contributed by atoms with Crippen molar-refractivity contribution < 1.29 is 4.79 Å². The molecule has 0 bridgehead atoms. The lowest BCUT2D eigenvalue weighted by Gasteiger charge is -2.13. The van der Waals surface area contributed by atoms with Gasteiger partial charge in [-0.05, 0) is 24.3 Å². The van der Waals surface area contributed by atoms with Gasteiger partial charge in [-0.15, -0.1) is 0 Å². The van der Waals surface area contributed by atoms with Gasteiger partial charge in [0.15, 0.2) is 0 Å². The van der Waals surface area contributed by atoms with Crippen LogP contribution in [0.15, 0.2) is 65.7 Å². The number of nitrogens with zero attached hydrogens (tertiary/aromatic N) is 4. The fraction of sp³-hybridized carbons (Fsp3) is 0.130. The van der Waals surface area contributed by atoms with Crippen molar-refractivity contribution in [3.05, 3.63) is 88.2 Å². The third-order valence-electron chi connectivity index (χ3n) is 4.65. The molecule has 0 radical (unpaired) electrons. The maximum atomic E-state index is 13.5. The Balaban J connectivity index is 1.88. The summed E-state index contributed by atoms with van der Waals surface area (Å²) in [6.45, 7) is 1.83. The van der Waals surface area contributed by atoms with Crippen LogP contribution < -0.4 is 11.3 Å². The second-order valence-corrected chi connectivity index (χ2v) is 6.58. The summed E-state index contributed by atoms with van der Waals surface area (Å²) in [5, 5.41) is 4.42. The predicted octanol–water partition coefficient (Wildman–Crippen LogP) is 2.14. The molecule has 0 amide bonds. The number of benzene rings is 2. The summed E-state index contributed by atoms with van der Waals surface area (Å²) in [7, 11) is 0. The van der Waals surface area contributed by atoms with Gasteiger partial charge in [0.2, 0.25) is 0 Å². The number of para-hydroxylation sites is 1. The van der Waals surface area contributed by atoms with Gasteiger partial charge in [-0.1, -0.05) is 43.0 Å². The number of hydrogen-bond acceptors (Lipinski definition) is 5. The third kappa shape index (κ3) is 3.52. The molecule has 148 valence electrons. The molecule has 4 rings (SSSR count). The van der Waals surface area contributed by atoms with Crippen LogP contribution in [0.2, 0.25) is 0 Å². The highest BCUT2D eigenvalue weighted by Gasteiger charge is 2.13. The topological polar surface area (TPSA) is 95.8 Å². The highest BCUT2D eigenvalue weighted by molar-refractivity contribution is 5.85. The zero-order valence-electron chi connectivity index (χ0n) is 16.4. The molecule has 0 unspecified atom stereocenters. The molecule has 2 N–H and O–H groups in total. The average molecular weight is 397 g/mol. The summed E-state index contributed by atoms with van der Waals surface area (Å²) < 4.78 is 2.79. The van der Waals surface area contributed by atoms with E-state index in [4.69, 9.17) is 10.7 Å².